The molecule has 0 amide bonds. The van der Waals surface area contributed by atoms with Gasteiger partial charge in [0.15, 0.2) is 6.29 Å². The molecule has 0 saturated heterocycles. The zero-order valence-corrected chi connectivity index (χ0v) is 15.4. The van der Waals surface area contributed by atoms with Gasteiger partial charge in [0.1, 0.15) is 12.4 Å². The first-order valence-electron chi connectivity index (χ1n) is 8.62. The number of hydrogen-bond acceptors (Lipinski definition) is 6. The number of rotatable bonds is 12. The summed E-state index contributed by atoms with van der Waals surface area (Å²) in [6.45, 7) is 9.52. The van der Waals surface area contributed by atoms with Crippen LogP contribution in [-0.2, 0) is 23.7 Å². The molecule has 1 rings (SSSR count). The summed E-state index contributed by atoms with van der Waals surface area (Å²) in [4.78, 5) is 11.8. The van der Waals surface area contributed by atoms with E-state index in [4.69, 9.17) is 23.7 Å². The van der Waals surface area contributed by atoms with Crippen molar-refractivity contribution in [2.45, 2.75) is 34.0 Å². The molecule has 0 aliphatic carbocycles. The lowest BCUT2D eigenvalue weighted by molar-refractivity contribution is -0.152. The summed E-state index contributed by atoms with van der Waals surface area (Å²) in [5.74, 6) is 0.405. The molecule has 1 aromatic rings. The van der Waals surface area contributed by atoms with E-state index in [0.29, 0.717) is 38.8 Å². The fourth-order valence-corrected chi connectivity index (χ4v) is 2.01. The largest absolute Gasteiger partial charge is 0.488 e. The normalized spacial score (nSPS) is 11.5. The Morgan fingerprint density at radius 3 is 2.04 bits per heavy atom. The van der Waals surface area contributed by atoms with Crippen molar-refractivity contribution in [2.75, 3.05) is 33.0 Å². The molecule has 25 heavy (non-hydrogen) atoms. The van der Waals surface area contributed by atoms with Gasteiger partial charge in [-0.25, -0.2) is 4.79 Å². The Balaban J connectivity index is 2.70. The number of carbonyl (C=O) groups excluding carboxylic acids is 1. The van der Waals surface area contributed by atoms with Gasteiger partial charge in [0.25, 0.3) is 0 Å². The zero-order valence-electron chi connectivity index (χ0n) is 15.4. The standard InChI is InChI=1S/C19H28O6/c1-5-21-17(19(20)24-8-4)13-15-9-11-16(12-10-15)25-14-18(22-6-2)23-7-3/h9-13,18H,5-8,14H2,1-4H3/b17-13-. The van der Waals surface area contributed by atoms with E-state index in [1.807, 2.05) is 45.0 Å². The van der Waals surface area contributed by atoms with Gasteiger partial charge in [-0.05, 0) is 51.5 Å². The summed E-state index contributed by atoms with van der Waals surface area (Å²) in [5.41, 5.74) is 0.815. The minimum Gasteiger partial charge on any atom is -0.488 e. The highest BCUT2D eigenvalue weighted by molar-refractivity contribution is 5.91. The topological polar surface area (TPSA) is 63.2 Å². The van der Waals surface area contributed by atoms with Gasteiger partial charge in [-0.15, -0.1) is 0 Å². The lowest BCUT2D eigenvalue weighted by Gasteiger charge is -2.17. The van der Waals surface area contributed by atoms with Crippen LogP contribution in [0.5, 0.6) is 5.75 Å². The molecule has 0 aromatic heterocycles. The minimum absolute atomic E-state index is 0.186. The van der Waals surface area contributed by atoms with Crippen molar-refractivity contribution in [3.63, 3.8) is 0 Å². The molecule has 140 valence electrons. The van der Waals surface area contributed by atoms with E-state index in [-0.39, 0.29) is 12.0 Å². The van der Waals surface area contributed by atoms with Crippen LogP contribution >= 0.6 is 0 Å². The molecule has 0 N–H and O–H groups in total. The maximum atomic E-state index is 11.8. The van der Waals surface area contributed by atoms with E-state index >= 15 is 0 Å². The second-order valence-corrected chi connectivity index (χ2v) is 4.88. The van der Waals surface area contributed by atoms with Crippen molar-refractivity contribution in [1.29, 1.82) is 0 Å². The average molecular weight is 352 g/mol. The molecule has 0 aliphatic heterocycles. The summed E-state index contributed by atoms with van der Waals surface area (Å²) in [7, 11) is 0. The maximum Gasteiger partial charge on any atom is 0.373 e. The van der Waals surface area contributed by atoms with Crippen LogP contribution in [-0.4, -0.2) is 45.3 Å². The van der Waals surface area contributed by atoms with E-state index < -0.39 is 5.97 Å². The van der Waals surface area contributed by atoms with Gasteiger partial charge in [0, 0.05) is 13.2 Å². The molecule has 0 radical (unpaired) electrons. The number of hydrogen-bond donors (Lipinski definition) is 0. The minimum atomic E-state index is -0.471. The van der Waals surface area contributed by atoms with Crippen LogP contribution in [0.25, 0.3) is 6.08 Å². The fraction of sp³-hybridized carbons (Fsp3) is 0.526. The van der Waals surface area contributed by atoms with Crippen LogP contribution < -0.4 is 4.74 Å². The van der Waals surface area contributed by atoms with E-state index in [9.17, 15) is 4.79 Å². The number of carbonyl (C=O) groups is 1. The third kappa shape index (κ3) is 8.05. The van der Waals surface area contributed by atoms with Gasteiger partial charge in [0.05, 0.1) is 13.2 Å². The molecular weight excluding hydrogens is 324 g/mol. The summed E-state index contributed by atoms with van der Waals surface area (Å²) >= 11 is 0. The number of benzene rings is 1. The fourth-order valence-electron chi connectivity index (χ4n) is 2.01. The quantitative estimate of drug-likeness (QED) is 0.249. The third-order valence-corrected chi connectivity index (χ3v) is 3.05. The van der Waals surface area contributed by atoms with Gasteiger partial charge in [-0.1, -0.05) is 12.1 Å². The van der Waals surface area contributed by atoms with Crippen molar-refractivity contribution in [3.05, 3.63) is 35.6 Å². The lowest BCUT2D eigenvalue weighted by Crippen LogP contribution is -2.25. The number of ether oxygens (including phenoxy) is 5. The smallest absolute Gasteiger partial charge is 0.373 e. The predicted molar refractivity (Wildman–Crippen MR) is 95.2 cm³/mol. The Labute approximate surface area is 149 Å². The Morgan fingerprint density at radius 2 is 1.52 bits per heavy atom. The highest BCUT2D eigenvalue weighted by Crippen LogP contribution is 2.16. The molecule has 0 heterocycles. The second-order valence-electron chi connectivity index (χ2n) is 4.88. The SMILES string of the molecule is CCOC(=O)/C(=C/c1ccc(OCC(OCC)OCC)cc1)OCC. The maximum absolute atomic E-state index is 11.8. The third-order valence-electron chi connectivity index (χ3n) is 3.05. The van der Waals surface area contributed by atoms with E-state index in [1.54, 1.807) is 13.0 Å². The van der Waals surface area contributed by atoms with Crippen molar-refractivity contribution in [1.82, 2.24) is 0 Å². The van der Waals surface area contributed by atoms with E-state index in [1.165, 1.54) is 0 Å². The monoisotopic (exact) mass is 352 g/mol. The van der Waals surface area contributed by atoms with Gasteiger partial charge in [-0.3, -0.25) is 0 Å². The van der Waals surface area contributed by atoms with Gasteiger partial charge >= 0.3 is 5.97 Å². The van der Waals surface area contributed by atoms with Crippen molar-refractivity contribution >= 4 is 12.0 Å². The Hall–Kier alpha value is -2.05. The van der Waals surface area contributed by atoms with Crippen molar-refractivity contribution in [3.8, 4) is 5.75 Å². The summed E-state index contributed by atoms with van der Waals surface area (Å²) in [6, 6.07) is 7.30. The molecule has 0 spiro atoms. The molecule has 6 nitrogen and oxygen atoms in total. The van der Waals surface area contributed by atoms with Crippen LogP contribution in [0.15, 0.2) is 30.0 Å². The molecule has 0 bridgehead atoms. The van der Waals surface area contributed by atoms with Crippen LogP contribution in [0.1, 0.15) is 33.3 Å². The van der Waals surface area contributed by atoms with E-state index in [2.05, 4.69) is 0 Å². The lowest BCUT2D eigenvalue weighted by atomic mass is 10.2. The van der Waals surface area contributed by atoms with E-state index in [0.717, 1.165) is 5.56 Å². The number of esters is 1. The van der Waals surface area contributed by atoms with Crippen LogP contribution in [0.4, 0.5) is 0 Å². The highest BCUT2D eigenvalue weighted by atomic mass is 16.7. The molecule has 0 fully saturated rings. The van der Waals surface area contributed by atoms with Crippen LogP contribution in [0.2, 0.25) is 0 Å². The first-order valence-corrected chi connectivity index (χ1v) is 8.62. The summed E-state index contributed by atoms with van der Waals surface area (Å²) < 4.78 is 26.9. The second kappa shape index (κ2) is 12.3. The predicted octanol–water partition coefficient (Wildman–Crippen LogP) is 3.41. The summed E-state index contributed by atoms with van der Waals surface area (Å²) in [6.07, 6.45) is 1.26. The molecule has 6 heteroatoms. The summed E-state index contributed by atoms with van der Waals surface area (Å²) in [5, 5.41) is 0. The first kappa shape index (κ1) is 21.0. The molecular formula is C19H28O6. The molecule has 0 unspecified atom stereocenters. The van der Waals surface area contributed by atoms with Gasteiger partial charge in [-0.2, -0.15) is 0 Å². The van der Waals surface area contributed by atoms with Crippen LogP contribution in [0, 0.1) is 0 Å². The molecule has 1 aromatic carbocycles. The molecule has 0 atom stereocenters. The molecule has 0 aliphatic rings. The first-order chi connectivity index (χ1) is 12.1. The average Bonchev–Trinajstić information content (AvgIpc) is 2.61. The highest BCUT2D eigenvalue weighted by Gasteiger charge is 2.12. The Kier molecular flexibility index (Phi) is 10.4. The zero-order chi connectivity index (χ0) is 18.5. The Bertz CT molecular complexity index is 517. The van der Waals surface area contributed by atoms with Crippen molar-refractivity contribution in [2.24, 2.45) is 0 Å². The van der Waals surface area contributed by atoms with Crippen LogP contribution in [0.3, 0.4) is 0 Å². The van der Waals surface area contributed by atoms with Gasteiger partial charge in [0.2, 0.25) is 5.76 Å². The Morgan fingerprint density at radius 1 is 0.920 bits per heavy atom. The molecule has 0 saturated carbocycles. The van der Waals surface area contributed by atoms with Crippen molar-refractivity contribution < 1.29 is 28.5 Å². The van der Waals surface area contributed by atoms with Gasteiger partial charge < -0.3 is 23.7 Å².